The molecule has 4 heteroatoms. The summed E-state index contributed by atoms with van der Waals surface area (Å²) in [5.41, 5.74) is 0.403. The maximum Gasteiger partial charge on any atom is 0.123 e. The zero-order valence-electron chi connectivity index (χ0n) is 8.99. The molecule has 0 bridgehead atoms. The van der Waals surface area contributed by atoms with Crippen LogP contribution in [0.5, 0.6) is 0 Å². The van der Waals surface area contributed by atoms with E-state index in [4.69, 9.17) is 16.3 Å². The predicted molar refractivity (Wildman–Crippen MR) is 59.9 cm³/mol. The molecule has 1 aromatic carbocycles. The fourth-order valence-corrected chi connectivity index (χ4v) is 2.24. The van der Waals surface area contributed by atoms with Gasteiger partial charge in [0, 0.05) is 10.6 Å². The van der Waals surface area contributed by atoms with Crippen LogP contribution < -0.4 is 0 Å². The summed E-state index contributed by atoms with van der Waals surface area (Å²) in [5, 5.41) is 10.4. The minimum atomic E-state index is -0.854. The summed E-state index contributed by atoms with van der Waals surface area (Å²) in [6.07, 6.45) is 0.693. The quantitative estimate of drug-likeness (QED) is 0.866. The molecule has 0 aromatic heterocycles. The first-order chi connectivity index (χ1) is 7.58. The van der Waals surface area contributed by atoms with Gasteiger partial charge in [-0.05, 0) is 38.0 Å². The number of hydrogen-bond donors (Lipinski definition) is 1. The number of hydrogen-bond acceptors (Lipinski definition) is 2. The molecule has 1 aliphatic rings. The number of ether oxygens (including phenoxy) is 1. The lowest BCUT2D eigenvalue weighted by molar-refractivity contribution is -0.0298. The van der Waals surface area contributed by atoms with Crippen LogP contribution in [0.15, 0.2) is 18.2 Å². The van der Waals surface area contributed by atoms with Crippen molar-refractivity contribution >= 4 is 11.6 Å². The van der Waals surface area contributed by atoms with Gasteiger partial charge in [-0.2, -0.15) is 0 Å². The Hall–Kier alpha value is -0.640. The molecule has 1 heterocycles. The van der Waals surface area contributed by atoms with Crippen LogP contribution in [0.2, 0.25) is 5.02 Å². The Morgan fingerprint density at radius 2 is 2.25 bits per heavy atom. The normalized spacial score (nSPS) is 27.0. The van der Waals surface area contributed by atoms with Crippen LogP contribution in [0.4, 0.5) is 4.39 Å². The summed E-state index contributed by atoms with van der Waals surface area (Å²) < 4.78 is 18.6. The Kier molecular flexibility index (Phi) is 3.47. The van der Waals surface area contributed by atoms with Gasteiger partial charge in [-0.3, -0.25) is 0 Å². The number of benzene rings is 1. The second kappa shape index (κ2) is 4.70. The first kappa shape index (κ1) is 11.8. The van der Waals surface area contributed by atoms with E-state index < -0.39 is 11.9 Å². The number of rotatable bonds is 2. The summed E-state index contributed by atoms with van der Waals surface area (Å²) >= 11 is 5.92. The molecule has 0 amide bonds. The zero-order valence-corrected chi connectivity index (χ0v) is 9.75. The van der Waals surface area contributed by atoms with Gasteiger partial charge in [0.05, 0.1) is 12.2 Å². The van der Waals surface area contributed by atoms with Crippen molar-refractivity contribution in [2.24, 2.45) is 0 Å². The number of halogens is 2. The highest BCUT2D eigenvalue weighted by Crippen LogP contribution is 2.33. The Morgan fingerprint density at radius 1 is 1.50 bits per heavy atom. The standard InChI is InChI=1S/C12H14ClFO2/c1-7-2-5-11(16-7)12(15)9-6-8(14)3-4-10(9)13/h3-4,6-7,11-12,15H,2,5H2,1H3. The highest BCUT2D eigenvalue weighted by atomic mass is 35.5. The van der Waals surface area contributed by atoms with Crippen LogP contribution in [-0.2, 0) is 4.74 Å². The third kappa shape index (κ3) is 2.37. The number of aliphatic hydroxyl groups is 1. The van der Waals surface area contributed by atoms with E-state index >= 15 is 0 Å². The Bertz CT molecular complexity index is 383. The third-order valence-electron chi connectivity index (χ3n) is 2.89. The molecule has 1 aliphatic heterocycles. The first-order valence-electron chi connectivity index (χ1n) is 5.36. The van der Waals surface area contributed by atoms with Gasteiger partial charge in [0.1, 0.15) is 11.9 Å². The molecule has 2 nitrogen and oxygen atoms in total. The lowest BCUT2D eigenvalue weighted by atomic mass is 10.0. The van der Waals surface area contributed by atoms with Gasteiger partial charge in [-0.15, -0.1) is 0 Å². The van der Waals surface area contributed by atoms with Crippen molar-refractivity contribution in [2.45, 2.75) is 38.1 Å². The fourth-order valence-electron chi connectivity index (χ4n) is 2.01. The van der Waals surface area contributed by atoms with Gasteiger partial charge in [0.15, 0.2) is 0 Å². The van der Waals surface area contributed by atoms with Crippen LogP contribution in [0, 0.1) is 5.82 Å². The van der Waals surface area contributed by atoms with Gasteiger partial charge in [-0.25, -0.2) is 4.39 Å². The van der Waals surface area contributed by atoms with Crippen molar-refractivity contribution in [3.05, 3.63) is 34.6 Å². The molecular formula is C12H14ClFO2. The van der Waals surface area contributed by atoms with Gasteiger partial charge in [-0.1, -0.05) is 11.6 Å². The van der Waals surface area contributed by atoms with Crippen LogP contribution in [0.1, 0.15) is 31.4 Å². The van der Waals surface area contributed by atoms with Gasteiger partial charge < -0.3 is 9.84 Å². The molecule has 0 saturated carbocycles. The number of aliphatic hydroxyl groups excluding tert-OH is 1. The summed E-state index contributed by atoms with van der Waals surface area (Å²) in [7, 11) is 0. The molecule has 0 spiro atoms. The van der Waals surface area contributed by atoms with E-state index in [1.807, 2.05) is 6.92 Å². The Labute approximate surface area is 99.0 Å². The molecule has 88 valence electrons. The van der Waals surface area contributed by atoms with Gasteiger partial charge in [0.25, 0.3) is 0 Å². The van der Waals surface area contributed by atoms with E-state index in [0.29, 0.717) is 10.6 Å². The molecule has 1 saturated heterocycles. The van der Waals surface area contributed by atoms with Crippen molar-refractivity contribution in [3.63, 3.8) is 0 Å². The van der Waals surface area contributed by atoms with Crippen molar-refractivity contribution in [2.75, 3.05) is 0 Å². The lowest BCUT2D eigenvalue weighted by Crippen LogP contribution is -2.19. The molecule has 16 heavy (non-hydrogen) atoms. The average Bonchev–Trinajstić information content (AvgIpc) is 2.67. The first-order valence-corrected chi connectivity index (χ1v) is 5.74. The largest absolute Gasteiger partial charge is 0.386 e. The van der Waals surface area contributed by atoms with Gasteiger partial charge >= 0.3 is 0 Å². The van der Waals surface area contributed by atoms with Crippen molar-refractivity contribution in [1.29, 1.82) is 0 Å². The molecular weight excluding hydrogens is 231 g/mol. The summed E-state index contributed by atoms with van der Waals surface area (Å²) in [5.74, 6) is -0.399. The topological polar surface area (TPSA) is 29.5 Å². The Balaban J connectivity index is 2.20. The molecule has 0 aliphatic carbocycles. The highest BCUT2D eigenvalue weighted by Gasteiger charge is 2.30. The van der Waals surface area contributed by atoms with Crippen LogP contribution in [0.3, 0.4) is 0 Å². The summed E-state index contributed by atoms with van der Waals surface area (Å²) in [4.78, 5) is 0. The second-order valence-corrected chi connectivity index (χ2v) is 4.58. The fraction of sp³-hybridized carbons (Fsp3) is 0.500. The summed E-state index contributed by atoms with van der Waals surface area (Å²) in [6.45, 7) is 1.96. The van der Waals surface area contributed by atoms with Crippen LogP contribution in [-0.4, -0.2) is 17.3 Å². The van der Waals surface area contributed by atoms with Gasteiger partial charge in [0.2, 0.25) is 0 Å². The smallest absolute Gasteiger partial charge is 0.123 e. The predicted octanol–water partition coefficient (Wildman–Crippen LogP) is 3.08. The SMILES string of the molecule is CC1CCC(C(O)c2cc(F)ccc2Cl)O1. The molecule has 1 fully saturated rings. The second-order valence-electron chi connectivity index (χ2n) is 4.17. The molecule has 0 radical (unpaired) electrons. The van der Waals surface area contributed by atoms with E-state index in [0.717, 1.165) is 12.8 Å². The van der Waals surface area contributed by atoms with Crippen molar-refractivity contribution < 1.29 is 14.2 Å². The van der Waals surface area contributed by atoms with E-state index in [2.05, 4.69) is 0 Å². The molecule has 2 rings (SSSR count). The lowest BCUT2D eigenvalue weighted by Gasteiger charge is -2.19. The maximum atomic E-state index is 13.1. The monoisotopic (exact) mass is 244 g/mol. The molecule has 1 aromatic rings. The molecule has 3 unspecified atom stereocenters. The van der Waals surface area contributed by atoms with E-state index in [9.17, 15) is 9.50 Å². The van der Waals surface area contributed by atoms with Crippen molar-refractivity contribution in [3.8, 4) is 0 Å². The zero-order chi connectivity index (χ0) is 11.7. The van der Waals surface area contributed by atoms with E-state index in [1.165, 1.54) is 18.2 Å². The summed E-state index contributed by atoms with van der Waals surface area (Å²) in [6, 6.07) is 3.99. The van der Waals surface area contributed by atoms with Crippen molar-refractivity contribution in [1.82, 2.24) is 0 Å². The van der Waals surface area contributed by atoms with E-state index in [1.54, 1.807) is 0 Å². The highest BCUT2D eigenvalue weighted by molar-refractivity contribution is 6.31. The molecule has 3 atom stereocenters. The van der Waals surface area contributed by atoms with Crippen LogP contribution in [0.25, 0.3) is 0 Å². The minimum absolute atomic E-state index is 0.145. The Morgan fingerprint density at radius 3 is 2.88 bits per heavy atom. The minimum Gasteiger partial charge on any atom is -0.386 e. The maximum absolute atomic E-state index is 13.1. The third-order valence-corrected chi connectivity index (χ3v) is 3.24. The van der Waals surface area contributed by atoms with Crippen LogP contribution >= 0.6 is 11.6 Å². The van der Waals surface area contributed by atoms with E-state index in [-0.39, 0.29) is 12.2 Å². The average molecular weight is 245 g/mol. The molecule has 1 N–H and O–H groups in total.